The molecule has 0 heterocycles. The van der Waals surface area contributed by atoms with Crippen molar-refractivity contribution >= 4 is 23.9 Å². The number of ether oxygens (including phenoxy) is 1. The van der Waals surface area contributed by atoms with Gasteiger partial charge in [-0.15, -0.1) is 0 Å². The average Bonchev–Trinajstić information content (AvgIpc) is 2.88. The summed E-state index contributed by atoms with van der Waals surface area (Å²) in [5.41, 5.74) is 4.79. The normalized spacial score (nSPS) is 10.5. The molecule has 3 rings (SSSR count). The molecule has 8 nitrogen and oxygen atoms in total. The van der Waals surface area contributed by atoms with Crippen LogP contribution < -0.4 is 20.8 Å². The summed E-state index contributed by atoms with van der Waals surface area (Å²) >= 11 is 0. The summed E-state index contributed by atoms with van der Waals surface area (Å²) in [6, 6.07) is 26.1. The number of benzene rings is 3. The Morgan fingerprint density at radius 3 is 2.15 bits per heavy atom. The number of amides is 3. The van der Waals surface area contributed by atoms with Crippen molar-refractivity contribution < 1.29 is 19.1 Å². The molecular weight excluding hydrogens is 432 g/mol. The number of carbonyl (C=O) groups excluding carboxylic acids is 3. The number of hydrazone groups is 1. The van der Waals surface area contributed by atoms with Gasteiger partial charge in [0.25, 0.3) is 5.91 Å². The van der Waals surface area contributed by atoms with Gasteiger partial charge >= 0.3 is 11.8 Å². The lowest BCUT2D eigenvalue weighted by atomic mass is 10.1. The molecule has 0 spiro atoms. The molecular formula is C26H26N4O4. The molecule has 3 aromatic carbocycles. The third kappa shape index (κ3) is 8.23. The van der Waals surface area contributed by atoms with E-state index >= 15 is 0 Å². The van der Waals surface area contributed by atoms with Crippen molar-refractivity contribution in [1.29, 1.82) is 0 Å². The summed E-state index contributed by atoms with van der Waals surface area (Å²) in [7, 11) is 0. The number of hydrogen-bond acceptors (Lipinski definition) is 5. The van der Waals surface area contributed by atoms with Crippen molar-refractivity contribution in [3.8, 4) is 5.75 Å². The van der Waals surface area contributed by atoms with Crippen LogP contribution in [0.2, 0.25) is 0 Å². The number of nitrogens with zero attached hydrogens (tertiary/aromatic N) is 1. The molecule has 3 amide bonds. The zero-order chi connectivity index (χ0) is 24.0. The van der Waals surface area contributed by atoms with Gasteiger partial charge in [-0.25, -0.2) is 5.43 Å². The Kier molecular flexibility index (Phi) is 9.37. The fourth-order valence-corrected chi connectivity index (χ4v) is 2.97. The van der Waals surface area contributed by atoms with Gasteiger partial charge in [0.15, 0.2) is 6.61 Å². The van der Waals surface area contributed by atoms with Crippen LogP contribution in [0.4, 0.5) is 0 Å². The molecule has 0 fully saturated rings. The second-order valence-electron chi connectivity index (χ2n) is 7.28. The standard InChI is InChI=1S/C26H26N4O4/c31-24(28-17-21-11-5-2-6-12-21)19-34-23-14-8-7-13-22(23)18-29-30-26(33)25(32)27-16-15-20-9-3-1-4-10-20/h1-14,18H,15-17,19H2,(H,27,32)(H,28,31)(H,30,33)/b29-18-. The van der Waals surface area contributed by atoms with E-state index in [1.165, 1.54) is 6.21 Å². The van der Waals surface area contributed by atoms with Crippen LogP contribution in [0.1, 0.15) is 16.7 Å². The first kappa shape index (κ1) is 24.2. The third-order valence-electron chi connectivity index (χ3n) is 4.73. The fraction of sp³-hybridized carbons (Fsp3) is 0.154. The van der Waals surface area contributed by atoms with E-state index in [0.717, 1.165) is 11.1 Å². The van der Waals surface area contributed by atoms with E-state index in [1.54, 1.807) is 24.3 Å². The monoisotopic (exact) mass is 458 g/mol. The summed E-state index contributed by atoms with van der Waals surface area (Å²) < 4.78 is 5.59. The zero-order valence-corrected chi connectivity index (χ0v) is 18.6. The van der Waals surface area contributed by atoms with Crippen molar-refractivity contribution in [2.75, 3.05) is 13.2 Å². The fourth-order valence-electron chi connectivity index (χ4n) is 2.97. The van der Waals surface area contributed by atoms with Crippen LogP contribution in [0.3, 0.4) is 0 Å². The summed E-state index contributed by atoms with van der Waals surface area (Å²) in [6.45, 7) is 0.572. The minimum atomic E-state index is -0.872. The molecule has 3 aromatic rings. The summed E-state index contributed by atoms with van der Waals surface area (Å²) in [6.07, 6.45) is 1.97. The van der Waals surface area contributed by atoms with Crippen LogP contribution in [0.15, 0.2) is 90.0 Å². The van der Waals surface area contributed by atoms with Gasteiger partial charge in [0.2, 0.25) is 0 Å². The SMILES string of the molecule is O=C(COc1ccccc1/C=N\NC(=O)C(=O)NCCc1ccccc1)NCc1ccccc1. The molecule has 0 unspecified atom stereocenters. The van der Waals surface area contributed by atoms with Crippen molar-refractivity contribution in [3.05, 3.63) is 102 Å². The Labute approximate surface area is 198 Å². The van der Waals surface area contributed by atoms with Crippen LogP contribution in [-0.4, -0.2) is 37.1 Å². The zero-order valence-electron chi connectivity index (χ0n) is 18.6. The maximum atomic E-state index is 12.1. The summed E-state index contributed by atoms with van der Waals surface area (Å²) in [5.74, 6) is -1.49. The number of nitrogens with one attached hydrogen (secondary N) is 3. The molecule has 0 aliphatic carbocycles. The molecule has 174 valence electrons. The van der Waals surface area contributed by atoms with E-state index in [1.807, 2.05) is 60.7 Å². The first-order valence-electron chi connectivity index (χ1n) is 10.8. The lowest BCUT2D eigenvalue weighted by molar-refractivity contribution is -0.139. The molecule has 0 saturated heterocycles. The number of hydrogen-bond donors (Lipinski definition) is 3. The lowest BCUT2D eigenvalue weighted by Gasteiger charge is -2.09. The van der Waals surface area contributed by atoms with Gasteiger partial charge in [-0.3, -0.25) is 14.4 Å². The maximum Gasteiger partial charge on any atom is 0.329 e. The van der Waals surface area contributed by atoms with Crippen LogP contribution in [0.25, 0.3) is 0 Å². The highest BCUT2D eigenvalue weighted by molar-refractivity contribution is 6.35. The topological polar surface area (TPSA) is 109 Å². The van der Waals surface area contributed by atoms with Crippen LogP contribution >= 0.6 is 0 Å². The Morgan fingerprint density at radius 2 is 1.41 bits per heavy atom. The van der Waals surface area contributed by atoms with Gasteiger partial charge in [-0.2, -0.15) is 5.10 Å². The van der Waals surface area contributed by atoms with Crippen molar-refractivity contribution in [2.24, 2.45) is 5.10 Å². The number of carbonyl (C=O) groups is 3. The van der Waals surface area contributed by atoms with Crippen LogP contribution in [0.5, 0.6) is 5.75 Å². The third-order valence-corrected chi connectivity index (χ3v) is 4.73. The number of para-hydroxylation sites is 1. The average molecular weight is 459 g/mol. The van der Waals surface area contributed by atoms with Gasteiger partial charge in [0, 0.05) is 18.7 Å². The summed E-state index contributed by atoms with van der Waals surface area (Å²) in [5, 5.41) is 9.17. The molecule has 8 heteroatoms. The van der Waals surface area contributed by atoms with E-state index in [4.69, 9.17) is 4.74 Å². The first-order chi connectivity index (χ1) is 16.6. The first-order valence-corrected chi connectivity index (χ1v) is 10.8. The Bertz CT molecular complexity index is 1120. The largest absolute Gasteiger partial charge is 0.483 e. The molecule has 0 atom stereocenters. The highest BCUT2D eigenvalue weighted by Crippen LogP contribution is 2.15. The lowest BCUT2D eigenvalue weighted by Crippen LogP contribution is -2.38. The van der Waals surface area contributed by atoms with Gasteiger partial charge < -0.3 is 15.4 Å². The van der Waals surface area contributed by atoms with E-state index in [9.17, 15) is 14.4 Å². The Morgan fingerprint density at radius 1 is 0.765 bits per heavy atom. The van der Waals surface area contributed by atoms with Crippen LogP contribution in [0, 0.1) is 0 Å². The smallest absolute Gasteiger partial charge is 0.329 e. The molecule has 0 aliphatic rings. The molecule has 0 aliphatic heterocycles. The molecule has 0 saturated carbocycles. The quantitative estimate of drug-likeness (QED) is 0.246. The molecule has 0 bridgehead atoms. The number of rotatable bonds is 10. The van der Waals surface area contributed by atoms with E-state index in [0.29, 0.717) is 30.8 Å². The van der Waals surface area contributed by atoms with Crippen molar-refractivity contribution in [2.45, 2.75) is 13.0 Å². The molecule has 3 N–H and O–H groups in total. The van der Waals surface area contributed by atoms with Crippen molar-refractivity contribution in [1.82, 2.24) is 16.1 Å². The minimum absolute atomic E-state index is 0.173. The summed E-state index contributed by atoms with van der Waals surface area (Å²) in [4.78, 5) is 35.9. The van der Waals surface area contributed by atoms with Gasteiger partial charge in [0.1, 0.15) is 5.75 Å². The van der Waals surface area contributed by atoms with E-state index < -0.39 is 11.8 Å². The minimum Gasteiger partial charge on any atom is -0.483 e. The molecule has 0 aromatic heterocycles. The maximum absolute atomic E-state index is 12.1. The Hall–Kier alpha value is -4.46. The van der Waals surface area contributed by atoms with Gasteiger partial charge in [-0.1, -0.05) is 72.8 Å². The predicted octanol–water partition coefficient (Wildman–Crippen LogP) is 2.19. The van der Waals surface area contributed by atoms with Gasteiger partial charge in [-0.05, 0) is 29.7 Å². The highest BCUT2D eigenvalue weighted by Gasteiger charge is 2.12. The van der Waals surface area contributed by atoms with Crippen LogP contribution in [-0.2, 0) is 27.3 Å². The van der Waals surface area contributed by atoms with Gasteiger partial charge in [0.05, 0.1) is 6.21 Å². The molecule has 34 heavy (non-hydrogen) atoms. The Balaban J connectivity index is 1.42. The highest BCUT2D eigenvalue weighted by atomic mass is 16.5. The second kappa shape index (κ2) is 13.2. The van der Waals surface area contributed by atoms with E-state index in [-0.39, 0.29) is 12.5 Å². The van der Waals surface area contributed by atoms with Crippen molar-refractivity contribution in [3.63, 3.8) is 0 Å². The second-order valence-corrected chi connectivity index (χ2v) is 7.28. The molecule has 0 radical (unpaired) electrons. The predicted molar refractivity (Wildman–Crippen MR) is 129 cm³/mol. The van der Waals surface area contributed by atoms with E-state index in [2.05, 4.69) is 21.2 Å².